The fraction of sp³-hybridized carbons (Fsp3) is 0.409. The van der Waals surface area contributed by atoms with Crippen LogP contribution in [0.25, 0.3) is 0 Å². The molecule has 2 aromatic carbocycles. The average molecular weight is 352 g/mol. The van der Waals surface area contributed by atoms with Crippen LogP contribution in [0.2, 0.25) is 0 Å². The van der Waals surface area contributed by atoms with Crippen LogP contribution in [0.3, 0.4) is 0 Å². The lowest BCUT2D eigenvalue weighted by molar-refractivity contribution is 0.139. The molecule has 26 heavy (non-hydrogen) atoms. The molecule has 4 heteroatoms. The first-order valence-electron chi connectivity index (χ1n) is 9.56. The SMILES string of the molecule is O=C(NCCCC1CCN(c2ccccc2)CC1)OCc1ccccc1. The number of hydrogen-bond donors (Lipinski definition) is 1. The predicted molar refractivity (Wildman–Crippen MR) is 105 cm³/mol. The van der Waals surface area contributed by atoms with Crippen molar-refractivity contribution in [3.63, 3.8) is 0 Å². The van der Waals surface area contributed by atoms with Gasteiger partial charge in [-0.05, 0) is 49.3 Å². The average Bonchev–Trinajstić information content (AvgIpc) is 2.71. The van der Waals surface area contributed by atoms with E-state index >= 15 is 0 Å². The maximum atomic E-state index is 11.7. The van der Waals surface area contributed by atoms with Gasteiger partial charge in [0.05, 0.1) is 0 Å². The molecule has 0 unspecified atom stereocenters. The minimum atomic E-state index is -0.326. The molecular formula is C22H28N2O2. The van der Waals surface area contributed by atoms with Gasteiger partial charge in [0.2, 0.25) is 0 Å². The predicted octanol–water partition coefficient (Wildman–Crippen LogP) is 4.61. The van der Waals surface area contributed by atoms with Gasteiger partial charge in [-0.3, -0.25) is 0 Å². The lowest BCUT2D eigenvalue weighted by atomic mass is 9.92. The standard InChI is InChI=1S/C22H28N2O2/c25-22(26-18-20-8-3-1-4-9-20)23-15-7-10-19-13-16-24(17-14-19)21-11-5-2-6-12-21/h1-6,8-9,11-12,19H,7,10,13-18H2,(H,23,25). The number of nitrogens with zero attached hydrogens (tertiary/aromatic N) is 1. The highest BCUT2D eigenvalue weighted by molar-refractivity contribution is 5.67. The molecule has 0 aliphatic carbocycles. The largest absolute Gasteiger partial charge is 0.445 e. The molecule has 2 aromatic rings. The zero-order valence-electron chi connectivity index (χ0n) is 15.3. The van der Waals surface area contributed by atoms with Crippen molar-refractivity contribution in [3.8, 4) is 0 Å². The van der Waals surface area contributed by atoms with Crippen LogP contribution >= 0.6 is 0 Å². The number of amides is 1. The number of nitrogens with one attached hydrogen (secondary N) is 1. The number of para-hydroxylation sites is 1. The lowest BCUT2D eigenvalue weighted by Crippen LogP contribution is -2.34. The first-order chi connectivity index (χ1) is 12.8. The molecule has 1 N–H and O–H groups in total. The molecule has 1 aliphatic heterocycles. The van der Waals surface area contributed by atoms with E-state index in [1.165, 1.54) is 24.9 Å². The van der Waals surface area contributed by atoms with E-state index in [0.717, 1.165) is 31.0 Å². The normalized spacial score (nSPS) is 14.8. The first kappa shape index (κ1) is 18.3. The molecule has 0 atom stereocenters. The monoisotopic (exact) mass is 352 g/mol. The van der Waals surface area contributed by atoms with Crippen molar-refractivity contribution in [1.82, 2.24) is 5.32 Å². The highest BCUT2D eigenvalue weighted by Gasteiger charge is 2.19. The Balaban J connectivity index is 1.26. The van der Waals surface area contributed by atoms with Gasteiger partial charge < -0.3 is 15.0 Å². The quantitative estimate of drug-likeness (QED) is 0.740. The van der Waals surface area contributed by atoms with Crippen LogP contribution in [0.15, 0.2) is 60.7 Å². The third-order valence-corrected chi connectivity index (χ3v) is 5.01. The molecule has 0 bridgehead atoms. The number of rotatable bonds is 7. The van der Waals surface area contributed by atoms with Gasteiger partial charge in [0, 0.05) is 25.3 Å². The van der Waals surface area contributed by atoms with Gasteiger partial charge >= 0.3 is 6.09 Å². The number of carbonyl (C=O) groups is 1. The van der Waals surface area contributed by atoms with Gasteiger partial charge in [-0.25, -0.2) is 4.79 Å². The minimum Gasteiger partial charge on any atom is -0.445 e. The maximum absolute atomic E-state index is 11.7. The Morgan fingerprint density at radius 1 is 1.00 bits per heavy atom. The van der Waals surface area contributed by atoms with E-state index in [0.29, 0.717) is 13.2 Å². The van der Waals surface area contributed by atoms with Gasteiger partial charge in [0.25, 0.3) is 0 Å². The van der Waals surface area contributed by atoms with Crippen LogP contribution in [-0.2, 0) is 11.3 Å². The molecule has 0 saturated carbocycles. The second-order valence-corrected chi connectivity index (χ2v) is 6.90. The Labute approximate surface area is 156 Å². The smallest absolute Gasteiger partial charge is 0.407 e. The summed E-state index contributed by atoms with van der Waals surface area (Å²) in [7, 11) is 0. The molecule has 4 nitrogen and oxygen atoms in total. The van der Waals surface area contributed by atoms with Crippen molar-refractivity contribution in [3.05, 3.63) is 66.2 Å². The number of piperidine rings is 1. The number of benzene rings is 2. The summed E-state index contributed by atoms with van der Waals surface area (Å²) in [5.41, 5.74) is 2.33. The molecule has 0 spiro atoms. The summed E-state index contributed by atoms with van der Waals surface area (Å²) in [4.78, 5) is 14.2. The zero-order valence-corrected chi connectivity index (χ0v) is 15.3. The molecule has 1 amide bonds. The lowest BCUT2D eigenvalue weighted by Gasteiger charge is -2.33. The molecule has 3 rings (SSSR count). The van der Waals surface area contributed by atoms with Crippen molar-refractivity contribution in [1.29, 1.82) is 0 Å². The van der Waals surface area contributed by atoms with Crippen LogP contribution in [0.4, 0.5) is 10.5 Å². The van der Waals surface area contributed by atoms with Gasteiger partial charge in [0.15, 0.2) is 0 Å². The Morgan fingerprint density at radius 2 is 1.65 bits per heavy atom. The highest BCUT2D eigenvalue weighted by Crippen LogP contribution is 2.25. The van der Waals surface area contributed by atoms with Crippen LogP contribution in [0.1, 0.15) is 31.2 Å². The molecule has 138 valence electrons. The summed E-state index contributed by atoms with van der Waals surface area (Å²) >= 11 is 0. The van der Waals surface area contributed by atoms with Crippen LogP contribution in [0.5, 0.6) is 0 Å². The van der Waals surface area contributed by atoms with E-state index in [-0.39, 0.29) is 6.09 Å². The van der Waals surface area contributed by atoms with E-state index in [9.17, 15) is 4.79 Å². The van der Waals surface area contributed by atoms with E-state index in [4.69, 9.17) is 4.74 Å². The Bertz CT molecular complexity index is 652. The summed E-state index contributed by atoms with van der Waals surface area (Å²) in [5, 5.41) is 2.86. The third kappa shape index (κ3) is 5.80. The Hall–Kier alpha value is -2.49. The number of anilines is 1. The first-order valence-corrected chi connectivity index (χ1v) is 9.56. The van der Waals surface area contributed by atoms with E-state index in [2.05, 4.69) is 40.5 Å². The van der Waals surface area contributed by atoms with Crippen LogP contribution < -0.4 is 10.2 Å². The van der Waals surface area contributed by atoms with E-state index < -0.39 is 0 Å². The van der Waals surface area contributed by atoms with Crippen LogP contribution in [-0.4, -0.2) is 25.7 Å². The summed E-state index contributed by atoms with van der Waals surface area (Å²) in [6.07, 6.45) is 4.31. The molecule has 1 saturated heterocycles. The van der Waals surface area contributed by atoms with Crippen molar-refractivity contribution in [2.45, 2.75) is 32.3 Å². The fourth-order valence-electron chi connectivity index (χ4n) is 3.47. The van der Waals surface area contributed by atoms with Crippen molar-refractivity contribution >= 4 is 11.8 Å². The van der Waals surface area contributed by atoms with E-state index in [1.807, 2.05) is 30.3 Å². The number of alkyl carbamates (subject to hydrolysis) is 1. The summed E-state index contributed by atoms with van der Waals surface area (Å²) < 4.78 is 5.23. The number of ether oxygens (including phenoxy) is 1. The van der Waals surface area contributed by atoms with Gasteiger partial charge in [0.1, 0.15) is 6.61 Å². The van der Waals surface area contributed by atoms with Gasteiger partial charge in [-0.1, -0.05) is 48.5 Å². The number of hydrogen-bond acceptors (Lipinski definition) is 3. The maximum Gasteiger partial charge on any atom is 0.407 e. The van der Waals surface area contributed by atoms with Crippen LogP contribution in [0, 0.1) is 5.92 Å². The Morgan fingerprint density at radius 3 is 2.35 bits per heavy atom. The second-order valence-electron chi connectivity index (χ2n) is 6.90. The van der Waals surface area contributed by atoms with Crippen molar-refractivity contribution in [2.75, 3.05) is 24.5 Å². The molecule has 0 radical (unpaired) electrons. The molecule has 0 aromatic heterocycles. The zero-order chi connectivity index (χ0) is 18.0. The minimum absolute atomic E-state index is 0.324. The summed E-state index contributed by atoms with van der Waals surface area (Å²) in [6.45, 7) is 3.26. The fourth-order valence-corrected chi connectivity index (χ4v) is 3.47. The third-order valence-electron chi connectivity index (χ3n) is 5.01. The topological polar surface area (TPSA) is 41.6 Å². The van der Waals surface area contributed by atoms with Crippen molar-refractivity contribution < 1.29 is 9.53 Å². The summed E-state index contributed by atoms with van der Waals surface area (Å²) in [6, 6.07) is 20.4. The summed E-state index contributed by atoms with van der Waals surface area (Å²) in [5.74, 6) is 0.761. The van der Waals surface area contributed by atoms with Crippen molar-refractivity contribution in [2.24, 2.45) is 5.92 Å². The second kappa shape index (κ2) is 9.85. The Kier molecular flexibility index (Phi) is 6.94. The van der Waals surface area contributed by atoms with Gasteiger partial charge in [-0.2, -0.15) is 0 Å². The molecule has 1 fully saturated rings. The van der Waals surface area contributed by atoms with E-state index in [1.54, 1.807) is 0 Å². The molecule has 1 heterocycles. The van der Waals surface area contributed by atoms with Gasteiger partial charge in [-0.15, -0.1) is 0 Å². The molecule has 1 aliphatic rings. The number of carbonyl (C=O) groups excluding carboxylic acids is 1. The highest BCUT2D eigenvalue weighted by atomic mass is 16.5. The molecular weight excluding hydrogens is 324 g/mol.